The summed E-state index contributed by atoms with van der Waals surface area (Å²) in [4.78, 5) is 0. The third kappa shape index (κ3) is 1.53. The zero-order chi connectivity index (χ0) is 11.8. The standard InChI is InChI=1S/C15H24O2/c1-8-4-11-13(16-11)6-10(8)15(3)7-14-12(17-14)5-9(15)2/h8-14H,4-7H2,1-3H3. The molecule has 2 nitrogen and oxygen atoms in total. The summed E-state index contributed by atoms with van der Waals surface area (Å²) in [6, 6.07) is 0. The molecule has 8 atom stereocenters. The van der Waals surface area contributed by atoms with Gasteiger partial charge in [-0.05, 0) is 48.9 Å². The van der Waals surface area contributed by atoms with Crippen LogP contribution in [-0.2, 0) is 9.47 Å². The molecule has 0 aromatic rings. The summed E-state index contributed by atoms with van der Waals surface area (Å²) < 4.78 is 11.5. The molecule has 4 aliphatic rings. The highest BCUT2D eigenvalue weighted by molar-refractivity contribution is 5.07. The van der Waals surface area contributed by atoms with Gasteiger partial charge in [-0.15, -0.1) is 0 Å². The van der Waals surface area contributed by atoms with E-state index in [-0.39, 0.29) is 0 Å². The molecule has 8 unspecified atom stereocenters. The summed E-state index contributed by atoms with van der Waals surface area (Å²) in [6.45, 7) is 7.42. The van der Waals surface area contributed by atoms with E-state index in [1.54, 1.807) is 0 Å². The largest absolute Gasteiger partial charge is 0.370 e. The van der Waals surface area contributed by atoms with Gasteiger partial charge in [0.25, 0.3) is 0 Å². The molecule has 2 heterocycles. The van der Waals surface area contributed by atoms with Crippen LogP contribution in [0.15, 0.2) is 0 Å². The lowest BCUT2D eigenvalue weighted by atomic mass is 9.56. The van der Waals surface area contributed by atoms with Gasteiger partial charge >= 0.3 is 0 Å². The number of hydrogen-bond acceptors (Lipinski definition) is 2. The quantitative estimate of drug-likeness (QED) is 0.654. The molecule has 2 heteroatoms. The van der Waals surface area contributed by atoms with Crippen LogP contribution in [0.2, 0.25) is 0 Å². The normalized spacial score (nSPS) is 64.8. The van der Waals surface area contributed by atoms with E-state index in [1.165, 1.54) is 25.7 Å². The molecule has 2 saturated heterocycles. The second-order valence-electron chi connectivity index (χ2n) is 7.33. The van der Waals surface area contributed by atoms with Crippen molar-refractivity contribution in [2.45, 2.75) is 70.9 Å². The lowest BCUT2D eigenvalue weighted by Gasteiger charge is -2.48. The van der Waals surface area contributed by atoms with Crippen molar-refractivity contribution in [2.75, 3.05) is 0 Å². The highest BCUT2D eigenvalue weighted by Crippen LogP contribution is 2.59. The van der Waals surface area contributed by atoms with Gasteiger partial charge in [0, 0.05) is 0 Å². The van der Waals surface area contributed by atoms with Gasteiger partial charge in [-0.2, -0.15) is 0 Å². The molecule has 0 aromatic heterocycles. The second kappa shape index (κ2) is 3.27. The molecule has 17 heavy (non-hydrogen) atoms. The summed E-state index contributed by atoms with van der Waals surface area (Å²) >= 11 is 0. The van der Waals surface area contributed by atoms with Gasteiger partial charge in [0.2, 0.25) is 0 Å². The van der Waals surface area contributed by atoms with Gasteiger partial charge in [0.1, 0.15) is 0 Å². The molecular formula is C15H24O2. The summed E-state index contributed by atoms with van der Waals surface area (Å²) in [7, 11) is 0. The Morgan fingerprint density at radius 1 is 0.882 bits per heavy atom. The minimum atomic E-state index is 0.494. The number of fused-ring (bicyclic) bond motifs is 2. The highest BCUT2D eigenvalue weighted by atomic mass is 16.6. The van der Waals surface area contributed by atoms with Gasteiger partial charge < -0.3 is 9.47 Å². The molecule has 96 valence electrons. The van der Waals surface area contributed by atoms with Crippen molar-refractivity contribution in [3.05, 3.63) is 0 Å². The first-order valence-electron chi connectivity index (χ1n) is 7.39. The molecule has 2 aliphatic heterocycles. The summed E-state index contributed by atoms with van der Waals surface area (Å²) in [5.41, 5.74) is 0.494. The molecule has 0 aromatic carbocycles. The van der Waals surface area contributed by atoms with Gasteiger partial charge in [-0.3, -0.25) is 0 Å². The van der Waals surface area contributed by atoms with Crippen LogP contribution in [0.1, 0.15) is 46.5 Å². The van der Waals surface area contributed by atoms with Crippen LogP contribution in [0.25, 0.3) is 0 Å². The maximum atomic E-state index is 5.78. The van der Waals surface area contributed by atoms with E-state index in [1.807, 2.05) is 0 Å². The summed E-state index contributed by atoms with van der Waals surface area (Å²) in [5, 5.41) is 0. The molecule has 0 N–H and O–H groups in total. The van der Waals surface area contributed by atoms with Crippen molar-refractivity contribution >= 4 is 0 Å². The van der Waals surface area contributed by atoms with Crippen molar-refractivity contribution in [3.63, 3.8) is 0 Å². The number of epoxide rings is 2. The minimum absolute atomic E-state index is 0.494. The Labute approximate surface area is 104 Å². The van der Waals surface area contributed by atoms with Crippen molar-refractivity contribution in [3.8, 4) is 0 Å². The lowest BCUT2D eigenvalue weighted by Crippen LogP contribution is -2.44. The number of hydrogen-bond donors (Lipinski definition) is 0. The van der Waals surface area contributed by atoms with Crippen LogP contribution in [0, 0.1) is 23.2 Å². The van der Waals surface area contributed by atoms with E-state index < -0.39 is 0 Å². The smallest absolute Gasteiger partial charge is 0.0847 e. The van der Waals surface area contributed by atoms with Crippen LogP contribution in [0.3, 0.4) is 0 Å². The van der Waals surface area contributed by atoms with Gasteiger partial charge in [0.15, 0.2) is 0 Å². The zero-order valence-corrected chi connectivity index (χ0v) is 11.2. The molecule has 0 radical (unpaired) electrons. The first kappa shape index (κ1) is 10.8. The van der Waals surface area contributed by atoms with E-state index in [2.05, 4.69) is 20.8 Å². The summed E-state index contributed by atoms with van der Waals surface area (Å²) in [6.07, 6.45) is 7.64. The Balaban J connectivity index is 1.58. The van der Waals surface area contributed by atoms with Gasteiger partial charge in [0.05, 0.1) is 24.4 Å². The van der Waals surface area contributed by atoms with Crippen LogP contribution in [-0.4, -0.2) is 24.4 Å². The predicted molar refractivity (Wildman–Crippen MR) is 65.7 cm³/mol. The monoisotopic (exact) mass is 236 g/mol. The Bertz CT molecular complexity index is 342. The van der Waals surface area contributed by atoms with Crippen LogP contribution in [0.5, 0.6) is 0 Å². The highest BCUT2D eigenvalue weighted by Gasteiger charge is 2.58. The molecule has 0 amide bonds. The minimum Gasteiger partial charge on any atom is -0.370 e. The van der Waals surface area contributed by atoms with E-state index >= 15 is 0 Å². The van der Waals surface area contributed by atoms with Crippen molar-refractivity contribution in [1.29, 1.82) is 0 Å². The van der Waals surface area contributed by atoms with Gasteiger partial charge in [-0.1, -0.05) is 20.8 Å². The van der Waals surface area contributed by atoms with Crippen LogP contribution in [0.4, 0.5) is 0 Å². The second-order valence-corrected chi connectivity index (χ2v) is 7.33. The van der Waals surface area contributed by atoms with Crippen LogP contribution < -0.4 is 0 Å². The van der Waals surface area contributed by atoms with Gasteiger partial charge in [-0.25, -0.2) is 0 Å². The topological polar surface area (TPSA) is 25.1 Å². The molecule has 0 bridgehead atoms. The lowest BCUT2D eigenvalue weighted by molar-refractivity contribution is 0.0175. The Hall–Kier alpha value is -0.0800. The molecule has 4 rings (SSSR count). The van der Waals surface area contributed by atoms with Crippen molar-refractivity contribution < 1.29 is 9.47 Å². The molecule has 0 spiro atoms. The summed E-state index contributed by atoms with van der Waals surface area (Å²) in [5.74, 6) is 2.50. The Morgan fingerprint density at radius 3 is 2.35 bits per heavy atom. The van der Waals surface area contributed by atoms with Crippen molar-refractivity contribution in [1.82, 2.24) is 0 Å². The first-order chi connectivity index (χ1) is 8.08. The first-order valence-corrected chi connectivity index (χ1v) is 7.39. The maximum Gasteiger partial charge on any atom is 0.0847 e. The SMILES string of the molecule is CC1CC2OC2CC1C1(C)CC2OC2CC1C. The van der Waals surface area contributed by atoms with Crippen LogP contribution >= 0.6 is 0 Å². The predicted octanol–water partition coefficient (Wildman–Crippen LogP) is 3.00. The Morgan fingerprint density at radius 2 is 1.53 bits per heavy atom. The molecule has 2 aliphatic carbocycles. The van der Waals surface area contributed by atoms with Crippen molar-refractivity contribution in [2.24, 2.45) is 23.2 Å². The number of ether oxygens (including phenoxy) is 2. The molecule has 2 saturated carbocycles. The number of rotatable bonds is 1. The third-order valence-electron chi connectivity index (χ3n) is 6.35. The third-order valence-corrected chi connectivity index (χ3v) is 6.35. The van der Waals surface area contributed by atoms with E-state index in [4.69, 9.17) is 9.47 Å². The zero-order valence-electron chi connectivity index (χ0n) is 11.2. The Kier molecular flexibility index (Phi) is 2.08. The fourth-order valence-corrected chi connectivity index (χ4v) is 4.86. The molecule has 4 fully saturated rings. The van der Waals surface area contributed by atoms with E-state index in [9.17, 15) is 0 Å². The maximum absolute atomic E-state index is 5.78. The fraction of sp³-hybridized carbons (Fsp3) is 1.00. The fourth-order valence-electron chi connectivity index (χ4n) is 4.86. The molecular weight excluding hydrogens is 212 g/mol. The average Bonchev–Trinajstić information content (AvgIpc) is 3.13. The average molecular weight is 236 g/mol. The van der Waals surface area contributed by atoms with E-state index in [0.717, 1.165) is 17.8 Å². The van der Waals surface area contributed by atoms with E-state index in [0.29, 0.717) is 29.8 Å².